The molecule has 0 aromatic carbocycles. The second-order valence-electron chi connectivity index (χ2n) is 3.02. The molecule has 0 saturated carbocycles. The number of hydrogen-bond donors (Lipinski definition) is 1. The summed E-state index contributed by atoms with van der Waals surface area (Å²) in [5.41, 5.74) is 0. The summed E-state index contributed by atoms with van der Waals surface area (Å²) in [6, 6.07) is 0. The van der Waals surface area contributed by atoms with E-state index in [0.717, 1.165) is 6.21 Å². The highest BCUT2D eigenvalue weighted by Gasteiger charge is 2.09. The summed E-state index contributed by atoms with van der Waals surface area (Å²) in [5.74, 6) is -0.311. The van der Waals surface area contributed by atoms with Gasteiger partial charge in [0.1, 0.15) is 12.0 Å². The summed E-state index contributed by atoms with van der Waals surface area (Å²) in [6.07, 6.45) is 0.978. The van der Waals surface area contributed by atoms with E-state index in [1.165, 1.54) is 0 Å². The normalized spacial score (nSPS) is 10.9. The van der Waals surface area contributed by atoms with Crippen LogP contribution >= 0.6 is 0 Å². The Morgan fingerprint density at radius 1 is 1.50 bits per heavy atom. The van der Waals surface area contributed by atoms with E-state index in [4.69, 9.17) is 5.21 Å². The van der Waals surface area contributed by atoms with Gasteiger partial charge in [-0.05, 0) is 5.92 Å². The molecule has 0 amide bonds. The fourth-order valence-electron chi connectivity index (χ4n) is 0.832. The molecule has 0 saturated heterocycles. The first-order valence-electron chi connectivity index (χ1n) is 3.78. The lowest BCUT2D eigenvalue weighted by Crippen LogP contribution is -2.10. The van der Waals surface area contributed by atoms with Crippen LogP contribution in [0.1, 0.15) is 26.7 Å². The maximum atomic E-state index is 11.0. The molecule has 4 nitrogen and oxygen atoms in total. The van der Waals surface area contributed by atoms with Crippen LogP contribution in [0, 0.1) is 5.92 Å². The lowest BCUT2D eigenvalue weighted by molar-refractivity contribution is -0.124. The van der Waals surface area contributed by atoms with Gasteiger partial charge in [0.25, 0.3) is 0 Å². The number of carbonyl (C=O) groups excluding carboxylic acids is 2. The summed E-state index contributed by atoms with van der Waals surface area (Å²) < 4.78 is 0. The van der Waals surface area contributed by atoms with Gasteiger partial charge in [-0.25, -0.2) is 0 Å². The maximum Gasteiger partial charge on any atom is 0.184 e. The lowest BCUT2D eigenvalue weighted by atomic mass is 10.0. The molecule has 0 aromatic heterocycles. The Hall–Kier alpha value is -1.19. The van der Waals surface area contributed by atoms with Crippen molar-refractivity contribution in [3.05, 3.63) is 0 Å². The molecule has 12 heavy (non-hydrogen) atoms. The summed E-state index contributed by atoms with van der Waals surface area (Å²) in [5, 5.41) is 10.5. The zero-order valence-electron chi connectivity index (χ0n) is 7.28. The Morgan fingerprint density at radius 2 is 2.08 bits per heavy atom. The number of hydrogen-bond acceptors (Lipinski definition) is 4. The van der Waals surface area contributed by atoms with Crippen molar-refractivity contribution < 1.29 is 14.8 Å². The van der Waals surface area contributed by atoms with Crippen molar-refractivity contribution >= 4 is 17.8 Å². The van der Waals surface area contributed by atoms with Crippen LogP contribution in [0.3, 0.4) is 0 Å². The topological polar surface area (TPSA) is 66.7 Å². The minimum atomic E-state index is -0.455. The zero-order chi connectivity index (χ0) is 9.56. The number of carbonyl (C=O) groups is 2. The number of rotatable bonds is 5. The van der Waals surface area contributed by atoms with Crippen LogP contribution in [0.2, 0.25) is 0 Å². The third-order valence-corrected chi connectivity index (χ3v) is 1.21. The molecule has 68 valence electrons. The SMILES string of the molecule is CC(C)CC(=O)CC(=O)/C=N/O. The van der Waals surface area contributed by atoms with E-state index in [2.05, 4.69) is 5.16 Å². The number of nitrogens with zero attached hydrogens (tertiary/aromatic N) is 1. The van der Waals surface area contributed by atoms with Gasteiger partial charge in [0.05, 0.1) is 6.42 Å². The van der Waals surface area contributed by atoms with Gasteiger partial charge < -0.3 is 5.21 Å². The molecule has 0 aromatic rings. The van der Waals surface area contributed by atoms with Crippen molar-refractivity contribution in [2.75, 3.05) is 0 Å². The van der Waals surface area contributed by atoms with Crippen molar-refractivity contribution in [1.29, 1.82) is 0 Å². The summed E-state index contributed by atoms with van der Waals surface area (Å²) >= 11 is 0. The predicted molar refractivity (Wildman–Crippen MR) is 44.4 cm³/mol. The van der Waals surface area contributed by atoms with Crippen molar-refractivity contribution in [3.63, 3.8) is 0 Å². The van der Waals surface area contributed by atoms with Gasteiger partial charge in [-0.15, -0.1) is 0 Å². The van der Waals surface area contributed by atoms with E-state index in [-0.39, 0.29) is 18.1 Å². The second kappa shape index (κ2) is 5.46. The number of oxime groups is 1. The van der Waals surface area contributed by atoms with Crippen molar-refractivity contribution in [3.8, 4) is 0 Å². The Kier molecular flexibility index (Phi) is 4.92. The average Bonchev–Trinajstić information content (AvgIpc) is 1.84. The molecule has 0 radical (unpaired) electrons. The number of Topliss-reactive ketones (excluding diaryl/α,β-unsaturated/α-hetero) is 2. The highest BCUT2D eigenvalue weighted by atomic mass is 16.4. The molecule has 4 heteroatoms. The van der Waals surface area contributed by atoms with Gasteiger partial charge in [-0.1, -0.05) is 19.0 Å². The molecule has 0 unspecified atom stereocenters. The van der Waals surface area contributed by atoms with Crippen LogP contribution in [0.15, 0.2) is 5.16 Å². The van der Waals surface area contributed by atoms with E-state index in [0.29, 0.717) is 6.42 Å². The van der Waals surface area contributed by atoms with E-state index < -0.39 is 5.78 Å². The third-order valence-electron chi connectivity index (χ3n) is 1.21. The summed E-state index contributed by atoms with van der Waals surface area (Å²) in [7, 11) is 0. The zero-order valence-corrected chi connectivity index (χ0v) is 7.28. The second-order valence-corrected chi connectivity index (χ2v) is 3.02. The molecule has 0 aliphatic rings. The first kappa shape index (κ1) is 10.8. The maximum absolute atomic E-state index is 11.0. The summed E-state index contributed by atoms with van der Waals surface area (Å²) in [6.45, 7) is 3.81. The number of ketones is 2. The predicted octanol–water partition coefficient (Wildman–Crippen LogP) is 1.02. The summed E-state index contributed by atoms with van der Waals surface area (Å²) in [4.78, 5) is 21.7. The van der Waals surface area contributed by atoms with E-state index in [1.807, 2.05) is 13.8 Å². The highest BCUT2D eigenvalue weighted by Crippen LogP contribution is 2.02. The fourth-order valence-corrected chi connectivity index (χ4v) is 0.832. The molecule has 0 bridgehead atoms. The molecular formula is C8H13NO3. The Morgan fingerprint density at radius 3 is 2.50 bits per heavy atom. The van der Waals surface area contributed by atoms with Crippen molar-refractivity contribution in [2.45, 2.75) is 26.7 Å². The fraction of sp³-hybridized carbons (Fsp3) is 0.625. The van der Waals surface area contributed by atoms with Crippen LogP contribution in [-0.4, -0.2) is 23.0 Å². The van der Waals surface area contributed by atoms with Crippen molar-refractivity contribution in [1.82, 2.24) is 0 Å². The molecule has 0 fully saturated rings. The standard InChI is InChI=1S/C8H13NO3/c1-6(2)3-7(10)4-8(11)5-9-12/h5-6,12H,3-4H2,1-2H3/b9-5+. The average molecular weight is 171 g/mol. The Bertz CT molecular complexity index is 196. The monoisotopic (exact) mass is 171 g/mol. The Balaban J connectivity index is 3.77. The Labute approximate surface area is 71.3 Å². The third kappa shape index (κ3) is 5.58. The first-order chi connectivity index (χ1) is 5.56. The van der Waals surface area contributed by atoms with Gasteiger partial charge in [0.15, 0.2) is 5.78 Å². The smallest absolute Gasteiger partial charge is 0.184 e. The minimum Gasteiger partial charge on any atom is -0.411 e. The molecule has 0 spiro atoms. The van der Waals surface area contributed by atoms with E-state index in [9.17, 15) is 9.59 Å². The van der Waals surface area contributed by atoms with E-state index >= 15 is 0 Å². The van der Waals surface area contributed by atoms with Gasteiger partial charge in [0.2, 0.25) is 0 Å². The first-order valence-corrected chi connectivity index (χ1v) is 3.78. The lowest BCUT2D eigenvalue weighted by Gasteiger charge is -2.00. The van der Waals surface area contributed by atoms with Crippen LogP contribution in [0.25, 0.3) is 0 Å². The minimum absolute atomic E-state index is 0.116. The van der Waals surface area contributed by atoms with Gasteiger partial charge >= 0.3 is 0 Å². The van der Waals surface area contributed by atoms with Crippen LogP contribution < -0.4 is 0 Å². The van der Waals surface area contributed by atoms with Crippen LogP contribution in [0.4, 0.5) is 0 Å². The molecule has 0 atom stereocenters. The van der Waals surface area contributed by atoms with Crippen LogP contribution in [0.5, 0.6) is 0 Å². The van der Waals surface area contributed by atoms with Gasteiger partial charge in [-0.2, -0.15) is 0 Å². The van der Waals surface area contributed by atoms with Gasteiger partial charge in [-0.3, -0.25) is 9.59 Å². The quantitative estimate of drug-likeness (QED) is 0.290. The van der Waals surface area contributed by atoms with Gasteiger partial charge in [0, 0.05) is 6.42 Å². The largest absolute Gasteiger partial charge is 0.411 e. The molecule has 0 heterocycles. The molecule has 0 aliphatic carbocycles. The van der Waals surface area contributed by atoms with Crippen molar-refractivity contribution in [2.24, 2.45) is 11.1 Å². The van der Waals surface area contributed by atoms with Crippen LogP contribution in [-0.2, 0) is 9.59 Å². The van der Waals surface area contributed by atoms with E-state index in [1.54, 1.807) is 0 Å². The molecular weight excluding hydrogens is 158 g/mol. The highest BCUT2D eigenvalue weighted by molar-refractivity contribution is 6.31. The molecule has 1 N–H and O–H groups in total. The molecule has 0 aliphatic heterocycles. The molecule has 0 rings (SSSR count).